The first kappa shape index (κ1) is 11.7. The van der Waals surface area contributed by atoms with Gasteiger partial charge < -0.3 is 0 Å². The second-order valence-corrected chi connectivity index (χ2v) is 7.75. The molecule has 0 nitrogen and oxygen atoms in total. The molecule has 2 heterocycles. The third-order valence-electron chi connectivity index (χ3n) is 3.17. The van der Waals surface area contributed by atoms with Gasteiger partial charge in [0, 0.05) is 10.5 Å². The normalized spacial score (nSPS) is 30.1. The fraction of sp³-hybridized carbons (Fsp3) is 0.692. The van der Waals surface area contributed by atoms with Crippen molar-refractivity contribution in [2.75, 3.05) is 0 Å². The zero-order chi connectivity index (χ0) is 11.1. The summed E-state index contributed by atoms with van der Waals surface area (Å²) in [4.78, 5) is 3.12. The minimum Gasteiger partial charge on any atom is -0.122 e. The van der Waals surface area contributed by atoms with Crippen molar-refractivity contribution < 1.29 is 0 Å². The minimum absolute atomic E-state index is 0.395. The molecule has 0 aromatic rings. The van der Waals surface area contributed by atoms with Crippen molar-refractivity contribution in [3.8, 4) is 0 Å². The Kier molecular flexibility index (Phi) is 3.27. The van der Waals surface area contributed by atoms with E-state index in [2.05, 4.69) is 51.6 Å². The molecule has 2 aliphatic rings. The first-order chi connectivity index (χ1) is 7.03. The molecule has 2 unspecified atom stereocenters. The monoisotopic (exact) mass is 240 g/mol. The highest BCUT2D eigenvalue weighted by molar-refractivity contribution is 8.09. The molecule has 0 N–H and O–H groups in total. The maximum absolute atomic E-state index is 2.52. The average Bonchev–Trinajstić information content (AvgIpc) is 2.60. The summed E-state index contributed by atoms with van der Waals surface area (Å²) in [6.07, 6.45) is 7.54. The zero-order valence-corrected chi connectivity index (χ0v) is 11.7. The smallest absolute Gasteiger partial charge is 0.0439 e. The van der Waals surface area contributed by atoms with Crippen molar-refractivity contribution in [3.05, 3.63) is 22.0 Å². The van der Waals surface area contributed by atoms with Gasteiger partial charge in [0.25, 0.3) is 0 Å². The van der Waals surface area contributed by atoms with Gasteiger partial charge in [-0.2, -0.15) is 0 Å². The first-order valence-electron chi connectivity index (χ1n) is 5.77. The van der Waals surface area contributed by atoms with Gasteiger partial charge in [0.05, 0.1) is 0 Å². The standard InChI is InChI=1S/C13H20S2/c1-5-6-13(3,4)12-8-11-10(15-12)7-9(2)14-11/h7-8,10-11H,5-6H2,1-4H3. The molecule has 2 rings (SSSR count). The first-order valence-corrected chi connectivity index (χ1v) is 7.53. The fourth-order valence-corrected chi connectivity index (χ4v) is 5.35. The fourth-order valence-electron chi connectivity index (χ4n) is 2.35. The molecule has 0 aromatic heterocycles. The molecular weight excluding hydrogens is 220 g/mol. The summed E-state index contributed by atoms with van der Waals surface area (Å²) in [5.41, 5.74) is 0.395. The number of fused-ring (bicyclic) bond motifs is 1. The Morgan fingerprint density at radius 1 is 1.20 bits per heavy atom. The van der Waals surface area contributed by atoms with Gasteiger partial charge in [-0.15, -0.1) is 23.5 Å². The molecule has 0 saturated carbocycles. The van der Waals surface area contributed by atoms with Crippen LogP contribution in [0.5, 0.6) is 0 Å². The molecule has 84 valence electrons. The van der Waals surface area contributed by atoms with Gasteiger partial charge in [0.1, 0.15) is 0 Å². The van der Waals surface area contributed by atoms with E-state index < -0.39 is 0 Å². The second kappa shape index (κ2) is 4.21. The highest BCUT2D eigenvalue weighted by Gasteiger charge is 2.37. The largest absolute Gasteiger partial charge is 0.122 e. The molecule has 0 spiro atoms. The van der Waals surface area contributed by atoms with Crippen LogP contribution in [0.25, 0.3) is 0 Å². The Hall–Kier alpha value is 0.180. The van der Waals surface area contributed by atoms with E-state index in [1.54, 1.807) is 4.91 Å². The number of hydrogen-bond acceptors (Lipinski definition) is 2. The van der Waals surface area contributed by atoms with Crippen LogP contribution in [0.1, 0.15) is 40.5 Å². The van der Waals surface area contributed by atoms with Gasteiger partial charge in [-0.3, -0.25) is 0 Å². The van der Waals surface area contributed by atoms with E-state index in [-0.39, 0.29) is 0 Å². The summed E-state index contributed by atoms with van der Waals surface area (Å²) >= 11 is 4.13. The Morgan fingerprint density at radius 2 is 1.87 bits per heavy atom. The Labute approximate surface area is 102 Å². The van der Waals surface area contributed by atoms with Crippen molar-refractivity contribution >= 4 is 23.5 Å². The maximum Gasteiger partial charge on any atom is 0.0439 e. The molecule has 0 aliphatic carbocycles. The molecule has 0 saturated heterocycles. The molecular formula is C13H20S2. The summed E-state index contributed by atoms with van der Waals surface area (Å²) in [6.45, 7) is 9.28. The van der Waals surface area contributed by atoms with Gasteiger partial charge in [-0.05, 0) is 28.6 Å². The molecule has 2 atom stereocenters. The van der Waals surface area contributed by atoms with Gasteiger partial charge in [0.2, 0.25) is 0 Å². The molecule has 0 bridgehead atoms. The van der Waals surface area contributed by atoms with E-state index in [0.717, 1.165) is 10.5 Å². The molecule has 0 fully saturated rings. The molecule has 0 radical (unpaired) electrons. The Bertz CT molecular complexity index is 312. The highest BCUT2D eigenvalue weighted by Crippen LogP contribution is 2.53. The van der Waals surface area contributed by atoms with Crippen molar-refractivity contribution in [1.29, 1.82) is 0 Å². The van der Waals surface area contributed by atoms with Gasteiger partial charge >= 0.3 is 0 Å². The lowest BCUT2D eigenvalue weighted by Crippen LogP contribution is -2.11. The lowest BCUT2D eigenvalue weighted by Gasteiger charge is -2.25. The highest BCUT2D eigenvalue weighted by atomic mass is 32.2. The van der Waals surface area contributed by atoms with Crippen molar-refractivity contribution in [2.24, 2.45) is 5.41 Å². The molecule has 0 aromatic carbocycles. The van der Waals surface area contributed by atoms with Crippen molar-refractivity contribution in [1.82, 2.24) is 0 Å². The van der Waals surface area contributed by atoms with Crippen LogP contribution in [-0.2, 0) is 0 Å². The predicted molar refractivity (Wildman–Crippen MR) is 73.3 cm³/mol. The van der Waals surface area contributed by atoms with Crippen LogP contribution in [0, 0.1) is 5.41 Å². The van der Waals surface area contributed by atoms with E-state index in [9.17, 15) is 0 Å². The lowest BCUT2D eigenvalue weighted by molar-refractivity contribution is 0.424. The predicted octanol–water partition coefficient (Wildman–Crippen LogP) is 4.83. The van der Waals surface area contributed by atoms with Crippen LogP contribution >= 0.6 is 23.5 Å². The third-order valence-corrected chi connectivity index (χ3v) is 6.19. The van der Waals surface area contributed by atoms with Crippen LogP contribution in [0.4, 0.5) is 0 Å². The van der Waals surface area contributed by atoms with Crippen LogP contribution < -0.4 is 0 Å². The maximum atomic E-state index is 2.52. The summed E-state index contributed by atoms with van der Waals surface area (Å²) in [5.74, 6) is 0. The van der Waals surface area contributed by atoms with Crippen LogP contribution in [0.2, 0.25) is 0 Å². The van der Waals surface area contributed by atoms with E-state index in [1.165, 1.54) is 17.7 Å². The van der Waals surface area contributed by atoms with E-state index in [4.69, 9.17) is 0 Å². The zero-order valence-electron chi connectivity index (χ0n) is 10.0. The topological polar surface area (TPSA) is 0 Å². The van der Waals surface area contributed by atoms with Gasteiger partial charge in [-0.25, -0.2) is 0 Å². The Morgan fingerprint density at radius 3 is 2.47 bits per heavy atom. The van der Waals surface area contributed by atoms with Gasteiger partial charge in [0.15, 0.2) is 0 Å². The number of rotatable bonds is 3. The quantitative estimate of drug-likeness (QED) is 0.693. The van der Waals surface area contributed by atoms with E-state index in [0.29, 0.717) is 5.41 Å². The SMILES string of the molecule is CCCC(C)(C)C1=CC2SC(C)=CC2S1. The Balaban J connectivity index is 2.07. The molecule has 0 amide bonds. The van der Waals surface area contributed by atoms with Crippen LogP contribution in [0.15, 0.2) is 22.0 Å². The number of hydrogen-bond donors (Lipinski definition) is 0. The molecule has 2 aliphatic heterocycles. The summed E-state index contributed by atoms with van der Waals surface area (Å²) < 4.78 is 0. The number of allylic oxidation sites excluding steroid dienone is 2. The summed E-state index contributed by atoms with van der Waals surface area (Å²) in [6, 6.07) is 0. The van der Waals surface area contributed by atoms with E-state index >= 15 is 0 Å². The van der Waals surface area contributed by atoms with Gasteiger partial charge in [-0.1, -0.05) is 39.3 Å². The second-order valence-electron chi connectivity index (χ2n) is 5.11. The molecule has 15 heavy (non-hydrogen) atoms. The van der Waals surface area contributed by atoms with Crippen LogP contribution in [0.3, 0.4) is 0 Å². The summed E-state index contributed by atoms with van der Waals surface area (Å²) in [5, 5.41) is 1.45. The third kappa shape index (κ3) is 2.31. The van der Waals surface area contributed by atoms with E-state index in [1.807, 2.05) is 11.8 Å². The lowest BCUT2D eigenvalue weighted by atomic mass is 9.87. The number of thioether (sulfide) groups is 2. The van der Waals surface area contributed by atoms with Crippen LogP contribution in [-0.4, -0.2) is 10.5 Å². The average molecular weight is 240 g/mol. The van der Waals surface area contributed by atoms with Crippen molar-refractivity contribution in [3.63, 3.8) is 0 Å². The minimum atomic E-state index is 0.395. The van der Waals surface area contributed by atoms with Crippen molar-refractivity contribution in [2.45, 2.75) is 51.0 Å². The molecule has 2 heteroatoms. The summed E-state index contributed by atoms with van der Waals surface area (Å²) in [7, 11) is 0.